The van der Waals surface area contributed by atoms with Crippen LogP contribution in [0.3, 0.4) is 0 Å². The summed E-state index contributed by atoms with van der Waals surface area (Å²) < 4.78 is 0. The van der Waals surface area contributed by atoms with E-state index in [0.717, 1.165) is 10.6 Å². The van der Waals surface area contributed by atoms with Gasteiger partial charge in [0.1, 0.15) is 5.03 Å². The molecule has 0 bridgehead atoms. The molecule has 0 fully saturated rings. The van der Waals surface area contributed by atoms with Crippen LogP contribution in [0.25, 0.3) is 0 Å². The van der Waals surface area contributed by atoms with Gasteiger partial charge in [0.05, 0.1) is 16.9 Å². The molecule has 2 aromatic rings. The summed E-state index contributed by atoms with van der Waals surface area (Å²) in [4.78, 5) is 16.1. The van der Waals surface area contributed by atoms with Crippen molar-refractivity contribution in [2.45, 2.75) is 16.8 Å². The molecule has 0 spiro atoms. The van der Waals surface area contributed by atoms with Crippen LogP contribution < -0.4 is 11.1 Å². The Morgan fingerprint density at radius 1 is 1.37 bits per heavy atom. The third kappa shape index (κ3) is 3.87. The number of aromatic nitrogens is 1. The quantitative estimate of drug-likeness (QED) is 0.910. The van der Waals surface area contributed by atoms with Crippen LogP contribution in [-0.4, -0.2) is 10.9 Å². The van der Waals surface area contributed by atoms with E-state index in [1.165, 1.54) is 18.7 Å². The molecule has 1 aromatic carbocycles. The summed E-state index contributed by atoms with van der Waals surface area (Å²) in [5, 5.41) is 3.93. The number of nitrogen functional groups attached to an aromatic ring is 1. The lowest BCUT2D eigenvalue weighted by Crippen LogP contribution is -2.05. The third-order valence-corrected chi connectivity index (χ3v) is 3.64. The molecule has 1 amide bonds. The molecule has 0 saturated carbocycles. The summed E-state index contributed by atoms with van der Waals surface area (Å²) in [6.07, 6.45) is 1.57. The molecule has 0 aliphatic carbocycles. The number of hydrogen-bond donors (Lipinski definition) is 2. The molecule has 1 heterocycles. The fraction of sp³-hybridized carbons (Fsp3) is 0.0769. The smallest absolute Gasteiger partial charge is 0.221 e. The van der Waals surface area contributed by atoms with E-state index in [0.29, 0.717) is 15.7 Å². The average Bonchev–Trinajstić information content (AvgIpc) is 2.34. The number of nitrogens with one attached hydrogen (secondary N) is 1. The Bertz CT molecular complexity index is 601. The largest absolute Gasteiger partial charge is 0.397 e. The Morgan fingerprint density at radius 2 is 2.05 bits per heavy atom. The molecule has 2 rings (SSSR count). The van der Waals surface area contributed by atoms with Crippen LogP contribution in [-0.2, 0) is 4.79 Å². The first-order valence-corrected chi connectivity index (χ1v) is 6.70. The number of hydrogen-bond acceptors (Lipinski definition) is 4. The number of nitrogens with zero attached hydrogens (tertiary/aromatic N) is 1. The highest BCUT2D eigenvalue weighted by atomic mass is 35.5. The van der Waals surface area contributed by atoms with Crippen molar-refractivity contribution < 1.29 is 4.79 Å². The van der Waals surface area contributed by atoms with Crippen LogP contribution in [0, 0.1) is 0 Å². The summed E-state index contributed by atoms with van der Waals surface area (Å²) in [5.41, 5.74) is 6.89. The number of carbonyl (C=O) groups excluding carboxylic acids is 1. The van der Waals surface area contributed by atoms with Gasteiger partial charge in [0.15, 0.2) is 0 Å². The molecule has 19 heavy (non-hydrogen) atoms. The minimum atomic E-state index is -0.0938. The Balaban J connectivity index is 2.13. The summed E-state index contributed by atoms with van der Waals surface area (Å²) in [5.74, 6) is -0.0938. The van der Waals surface area contributed by atoms with E-state index in [-0.39, 0.29) is 5.91 Å². The number of carbonyl (C=O) groups is 1. The van der Waals surface area contributed by atoms with E-state index >= 15 is 0 Å². The molecule has 0 aliphatic heterocycles. The lowest BCUT2D eigenvalue weighted by Gasteiger charge is -2.05. The Morgan fingerprint density at radius 3 is 2.63 bits per heavy atom. The normalized spacial score (nSPS) is 10.2. The fourth-order valence-electron chi connectivity index (χ4n) is 1.44. The molecule has 0 atom stereocenters. The van der Waals surface area contributed by atoms with Crippen molar-refractivity contribution in [2.24, 2.45) is 0 Å². The molecule has 4 nitrogen and oxygen atoms in total. The number of amides is 1. The lowest BCUT2D eigenvalue weighted by molar-refractivity contribution is -0.114. The summed E-state index contributed by atoms with van der Waals surface area (Å²) in [7, 11) is 0. The molecule has 98 valence electrons. The second-order valence-corrected chi connectivity index (χ2v) is 5.33. The van der Waals surface area contributed by atoms with Crippen LogP contribution in [0.15, 0.2) is 46.5 Å². The van der Waals surface area contributed by atoms with Gasteiger partial charge in [0.25, 0.3) is 0 Å². The highest BCUT2D eigenvalue weighted by Crippen LogP contribution is 2.32. The van der Waals surface area contributed by atoms with E-state index in [1.807, 2.05) is 24.3 Å². The number of rotatable bonds is 3. The first-order valence-electron chi connectivity index (χ1n) is 5.51. The molecule has 0 aliphatic rings. The number of pyridine rings is 1. The van der Waals surface area contributed by atoms with Gasteiger partial charge in [-0.3, -0.25) is 4.79 Å². The van der Waals surface area contributed by atoms with Crippen molar-refractivity contribution >= 4 is 40.6 Å². The van der Waals surface area contributed by atoms with Gasteiger partial charge >= 0.3 is 0 Å². The minimum absolute atomic E-state index is 0.0938. The summed E-state index contributed by atoms with van der Waals surface area (Å²) >= 11 is 7.50. The maximum absolute atomic E-state index is 10.9. The van der Waals surface area contributed by atoms with Crippen LogP contribution in [0.4, 0.5) is 11.4 Å². The van der Waals surface area contributed by atoms with Crippen LogP contribution in [0.5, 0.6) is 0 Å². The van der Waals surface area contributed by atoms with Crippen molar-refractivity contribution in [3.8, 4) is 0 Å². The van der Waals surface area contributed by atoms with Crippen molar-refractivity contribution in [1.29, 1.82) is 0 Å². The topological polar surface area (TPSA) is 68.0 Å². The highest BCUT2D eigenvalue weighted by molar-refractivity contribution is 7.99. The van der Waals surface area contributed by atoms with Crippen molar-refractivity contribution in [2.75, 3.05) is 11.1 Å². The van der Waals surface area contributed by atoms with Gasteiger partial charge in [-0.15, -0.1) is 0 Å². The zero-order chi connectivity index (χ0) is 13.8. The van der Waals surface area contributed by atoms with E-state index in [1.54, 1.807) is 12.3 Å². The van der Waals surface area contributed by atoms with Gasteiger partial charge in [-0.25, -0.2) is 4.98 Å². The zero-order valence-corrected chi connectivity index (χ0v) is 11.8. The van der Waals surface area contributed by atoms with Crippen molar-refractivity contribution in [1.82, 2.24) is 4.98 Å². The van der Waals surface area contributed by atoms with E-state index in [9.17, 15) is 4.79 Å². The van der Waals surface area contributed by atoms with Gasteiger partial charge in [-0.05, 0) is 30.3 Å². The molecular formula is C13H12ClN3OS. The van der Waals surface area contributed by atoms with Gasteiger partial charge in [0, 0.05) is 17.5 Å². The highest BCUT2D eigenvalue weighted by Gasteiger charge is 2.05. The Labute approximate surface area is 120 Å². The first-order chi connectivity index (χ1) is 9.04. The Kier molecular flexibility index (Phi) is 4.29. The van der Waals surface area contributed by atoms with Crippen molar-refractivity contribution in [3.05, 3.63) is 41.6 Å². The number of benzene rings is 1. The van der Waals surface area contributed by atoms with Gasteiger partial charge in [-0.2, -0.15) is 0 Å². The standard InChI is InChI=1S/C13H12ClN3OS/c1-8(18)17-10-2-4-11(5-3-10)19-13-12(14)6-9(15)7-16-13/h2-7H,15H2,1H3,(H,17,18). The maximum Gasteiger partial charge on any atom is 0.221 e. The molecule has 0 radical (unpaired) electrons. The fourth-order valence-corrected chi connectivity index (χ4v) is 2.48. The Hall–Kier alpha value is -1.72. The van der Waals surface area contributed by atoms with Crippen LogP contribution in [0.1, 0.15) is 6.92 Å². The molecule has 0 saturated heterocycles. The molecule has 0 unspecified atom stereocenters. The van der Waals surface area contributed by atoms with Gasteiger partial charge in [-0.1, -0.05) is 23.4 Å². The number of nitrogens with two attached hydrogens (primary N) is 1. The van der Waals surface area contributed by atoms with E-state index in [2.05, 4.69) is 10.3 Å². The van der Waals surface area contributed by atoms with E-state index < -0.39 is 0 Å². The zero-order valence-electron chi connectivity index (χ0n) is 10.2. The van der Waals surface area contributed by atoms with Crippen LogP contribution >= 0.6 is 23.4 Å². The first kappa shape index (κ1) is 13.7. The second kappa shape index (κ2) is 5.95. The average molecular weight is 294 g/mol. The van der Waals surface area contributed by atoms with Crippen LogP contribution in [0.2, 0.25) is 5.02 Å². The van der Waals surface area contributed by atoms with E-state index in [4.69, 9.17) is 17.3 Å². The number of halogens is 1. The minimum Gasteiger partial charge on any atom is -0.397 e. The predicted octanol–water partition coefficient (Wildman–Crippen LogP) is 3.43. The van der Waals surface area contributed by atoms with Crippen molar-refractivity contribution in [3.63, 3.8) is 0 Å². The summed E-state index contributed by atoms with van der Waals surface area (Å²) in [6.45, 7) is 1.47. The maximum atomic E-state index is 10.9. The van der Waals surface area contributed by atoms with Gasteiger partial charge in [0.2, 0.25) is 5.91 Å². The molecular weight excluding hydrogens is 282 g/mol. The third-order valence-electron chi connectivity index (χ3n) is 2.22. The second-order valence-electron chi connectivity index (χ2n) is 3.86. The van der Waals surface area contributed by atoms with Gasteiger partial charge < -0.3 is 11.1 Å². The molecule has 1 aromatic heterocycles. The molecule has 3 N–H and O–H groups in total. The SMILES string of the molecule is CC(=O)Nc1ccc(Sc2ncc(N)cc2Cl)cc1. The monoisotopic (exact) mass is 293 g/mol. The summed E-state index contributed by atoms with van der Waals surface area (Å²) in [6, 6.07) is 9.11. The predicted molar refractivity (Wildman–Crippen MR) is 78.5 cm³/mol. The molecule has 6 heteroatoms. The number of anilines is 2. The lowest BCUT2D eigenvalue weighted by atomic mass is 10.3.